The third-order valence-electron chi connectivity index (χ3n) is 9.43. The Hall–Kier alpha value is -5.24. The summed E-state index contributed by atoms with van der Waals surface area (Å²) < 4.78 is 0. The van der Waals surface area contributed by atoms with E-state index in [2.05, 4.69) is 0 Å². The molecule has 0 amide bonds. The molecule has 8 bridgehead atoms. The van der Waals surface area contributed by atoms with Crippen molar-refractivity contribution in [1.29, 1.82) is 0 Å². The number of para-hydroxylation sites is 2. The largest absolute Gasteiger partial charge is 0.507 e. The number of fused-ring (bicyclic) bond motifs is 8. The third-order valence-corrected chi connectivity index (χ3v) is 9.43. The van der Waals surface area contributed by atoms with Gasteiger partial charge in [0.15, 0.2) is 0 Å². The quantitative estimate of drug-likeness (QED) is 0.153. The molecule has 0 atom stereocenters. The van der Waals surface area contributed by atoms with Gasteiger partial charge in [-0.15, -0.1) is 0 Å². The Kier molecular flexibility index (Phi) is 9.85. The lowest BCUT2D eigenvalue weighted by Crippen LogP contribution is -2.22. The van der Waals surface area contributed by atoms with Crippen molar-refractivity contribution in [2.24, 2.45) is 11.8 Å². The van der Waals surface area contributed by atoms with Crippen molar-refractivity contribution in [2.75, 3.05) is 0 Å². The molecule has 4 aromatic carbocycles. The molecule has 0 spiro atoms. The van der Waals surface area contributed by atoms with Crippen LogP contribution in [0.4, 0.5) is 0 Å². The van der Waals surface area contributed by atoms with Crippen LogP contribution >= 0.6 is 0 Å². The number of phenolic OH excluding ortho intramolecular Hbond substituents is 4. The van der Waals surface area contributed by atoms with Gasteiger partial charge in [-0.3, -0.25) is 19.2 Å². The van der Waals surface area contributed by atoms with Crippen molar-refractivity contribution in [3.8, 4) is 23.0 Å². The number of hydrogen-bond donors (Lipinski definition) is 4. The topological polar surface area (TPSA) is 149 Å². The van der Waals surface area contributed by atoms with Gasteiger partial charge in [0.25, 0.3) is 0 Å². The highest BCUT2D eigenvalue weighted by molar-refractivity contribution is 6.01. The van der Waals surface area contributed by atoms with Gasteiger partial charge < -0.3 is 20.4 Å². The van der Waals surface area contributed by atoms with E-state index >= 15 is 0 Å². The van der Waals surface area contributed by atoms with Crippen LogP contribution in [0.3, 0.4) is 0 Å². The second kappa shape index (κ2) is 13.9. The van der Waals surface area contributed by atoms with Crippen molar-refractivity contribution < 1.29 is 39.6 Å². The summed E-state index contributed by atoms with van der Waals surface area (Å²) in [4.78, 5) is 49.3. The monoisotopic (exact) mass is 648 g/mol. The molecule has 0 saturated heterocycles. The minimum Gasteiger partial charge on any atom is -0.507 e. The van der Waals surface area contributed by atoms with Crippen LogP contribution < -0.4 is 0 Å². The molecular formula is C40H40O8. The zero-order chi connectivity index (χ0) is 34.9. The molecule has 8 heteroatoms. The van der Waals surface area contributed by atoms with Gasteiger partial charge in [0.2, 0.25) is 0 Å². The molecule has 0 radical (unpaired) electrons. The van der Waals surface area contributed by atoms with Crippen molar-refractivity contribution in [3.05, 3.63) is 116 Å². The zero-order valence-corrected chi connectivity index (χ0v) is 27.6. The molecule has 5 rings (SSSR count). The predicted octanol–water partition coefficient (Wildman–Crippen LogP) is 5.86. The molecule has 0 unspecified atom stereocenters. The number of carbonyl (C=O) groups is 4. The zero-order valence-electron chi connectivity index (χ0n) is 27.6. The molecule has 8 nitrogen and oxygen atoms in total. The minimum atomic E-state index is -0.839. The van der Waals surface area contributed by atoms with Crippen LogP contribution in [-0.2, 0) is 57.7 Å². The third kappa shape index (κ3) is 7.18. The van der Waals surface area contributed by atoms with Crippen molar-refractivity contribution in [2.45, 2.75) is 66.2 Å². The van der Waals surface area contributed by atoms with Gasteiger partial charge in [-0.2, -0.15) is 0 Å². The highest BCUT2D eigenvalue weighted by Gasteiger charge is 2.25. The maximum atomic E-state index is 12.3. The van der Waals surface area contributed by atoms with Gasteiger partial charge in [0.05, 0.1) is 11.8 Å². The van der Waals surface area contributed by atoms with Crippen LogP contribution in [0.5, 0.6) is 23.0 Å². The number of benzene rings is 4. The molecular weight excluding hydrogens is 608 g/mol. The normalized spacial score (nSPS) is 12.6. The van der Waals surface area contributed by atoms with Crippen LogP contribution in [-0.4, -0.2) is 43.6 Å². The molecule has 48 heavy (non-hydrogen) atoms. The van der Waals surface area contributed by atoms with E-state index in [9.17, 15) is 39.6 Å². The van der Waals surface area contributed by atoms with Crippen LogP contribution in [0.25, 0.3) is 0 Å². The average molecular weight is 649 g/mol. The van der Waals surface area contributed by atoms with E-state index in [1.54, 1.807) is 60.7 Å². The molecule has 0 heterocycles. The second-order valence-corrected chi connectivity index (χ2v) is 13.0. The summed E-state index contributed by atoms with van der Waals surface area (Å²) in [5.41, 5.74) is 5.33. The summed E-state index contributed by atoms with van der Waals surface area (Å²) >= 11 is 0. The highest BCUT2D eigenvalue weighted by atomic mass is 16.3. The summed E-state index contributed by atoms with van der Waals surface area (Å²) in [6.07, 6.45) is 0.790. The summed E-state index contributed by atoms with van der Waals surface area (Å²) in [5.74, 6) is -2.74. The lowest BCUT2D eigenvalue weighted by Gasteiger charge is -2.20. The number of aromatic hydroxyl groups is 4. The molecule has 4 aromatic rings. The fourth-order valence-electron chi connectivity index (χ4n) is 6.74. The van der Waals surface area contributed by atoms with E-state index in [0.717, 1.165) is 0 Å². The van der Waals surface area contributed by atoms with Gasteiger partial charge in [-0.1, -0.05) is 60.7 Å². The minimum absolute atomic E-state index is 0.0131. The van der Waals surface area contributed by atoms with E-state index in [0.29, 0.717) is 55.6 Å². The Morgan fingerprint density at radius 3 is 0.917 bits per heavy atom. The van der Waals surface area contributed by atoms with Crippen LogP contribution in [0, 0.1) is 11.8 Å². The standard InChI is InChI=1S/C40H40O8/c1-21(41)35(22(2)42)15-25-11-31-17-27-7-5-9-29(37(27)45)19-33-13-26(16-36(23(3)43)24(4)44)14-34(40(33)48)20-30-10-6-8-28(38(30)46)18-32(12-25)39(31)47/h5-14,35-36,45-48H,15-20H2,1-4H3. The molecule has 0 saturated carbocycles. The summed E-state index contributed by atoms with van der Waals surface area (Å²) in [5, 5.41) is 46.0. The predicted molar refractivity (Wildman–Crippen MR) is 181 cm³/mol. The van der Waals surface area contributed by atoms with E-state index in [4.69, 9.17) is 0 Å². The van der Waals surface area contributed by atoms with Gasteiger partial charge >= 0.3 is 0 Å². The molecule has 4 N–H and O–H groups in total. The first-order valence-electron chi connectivity index (χ1n) is 16.0. The number of carbonyl (C=O) groups excluding carboxylic acids is 4. The van der Waals surface area contributed by atoms with Gasteiger partial charge in [0, 0.05) is 25.7 Å². The number of ketones is 4. The Bertz CT molecular complexity index is 1690. The van der Waals surface area contributed by atoms with Crippen LogP contribution in [0.15, 0.2) is 60.7 Å². The first kappa shape index (κ1) is 34.1. The number of phenols is 4. The lowest BCUT2D eigenvalue weighted by molar-refractivity contribution is -0.131. The van der Waals surface area contributed by atoms with Crippen molar-refractivity contribution >= 4 is 23.1 Å². The molecule has 0 aliphatic heterocycles. The fourth-order valence-corrected chi connectivity index (χ4v) is 6.74. The highest BCUT2D eigenvalue weighted by Crippen LogP contribution is 2.38. The number of Topliss-reactive ketones (excluding diaryl/α,β-unsaturated/α-hetero) is 4. The van der Waals surface area contributed by atoms with E-state index in [-0.39, 0.29) is 84.7 Å². The Balaban J connectivity index is 1.70. The number of rotatable bonds is 8. The first-order valence-corrected chi connectivity index (χ1v) is 16.0. The fraction of sp³-hybridized carbons (Fsp3) is 0.300. The van der Waals surface area contributed by atoms with Gasteiger partial charge in [0.1, 0.15) is 46.1 Å². The van der Waals surface area contributed by atoms with Crippen molar-refractivity contribution in [1.82, 2.24) is 0 Å². The summed E-state index contributed by atoms with van der Waals surface area (Å²) in [6, 6.07) is 17.5. The molecule has 1 aliphatic rings. The van der Waals surface area contributed by atoms with Gasteiger partial charge in [-0.05, 0) is 96.2 Å². The Labute approximate surface area is 279 Å². The summed E-state index contributed by atoms with van der Waals surface area (Å²) in [6.45, 7) is 5.53. The molecule has 248 valence electrons. The molecule has 0 aromatic heterocycles. The first-order chi connectivity index (χ1) is 22.7. The second-order valence-electron chi connectivity index (χ2n) is 13.0. The molecule has 0 fully saturated rings. The summed E-state index contributed by atoms with van der Waals surface area (Å²) in [7, 11) is 0. The van der Waals surface area contributed by atoms with E-state index in [1.165, 1.54) is 27.7 Å². The molecule has 1 aliphatic carbocycles. The Morgan fingerprint density at radius 1 is 0.458 bits per heavy atom. The average Bonchev–Trinajstić information content (AvgIpc) is 3.01. The lowest BCUT2D eigenvalue weighted by atomic mass is 9.86. The maximum Gasteiger partial charge on any atom is 0.140 e. The van der Waals surface area contributed by atoms with E-state index in [1.807, 2.05) is 0 Å². The SMILES string of the molecule is CC(=O)C(Cc1cc2c(O)c(c1)Cc1cccc(c1O)Cc1cc(CC(C(C)=O)C(C)=O)cc(c1O)Cc1cccc(c1O)C2)C(C)=O. The van der Waals surface area contributed by atoms with E-state index < -0.39 is 11.8 Å². The van der Waals surface area contributed by atoms with Crippen molar-refractivity contribution in [3.63, 3.8) is 0 Å². The van der Waals surface area contributed by atoms with Crippen LogP contribution in [0.2, 0.25) is 0 Å². The number of hydrogen-bond acceptors (Lipinski definition) is 8. The maximum absolute atomic E-state index is 12.3. The smallest absolute Gasteiger partial charge is 0.140 e. The van der Waals surface area contributed by atoms with Crippen LogP contribution in [0.1, 0.15) is 83.3 Å². The Morgan fingerprint density at radius 2 is 0.688 bits per heavy atom. The van der Waals surface area contributed by atoms with Gasteiger partial charge in [-0.25, -0.2) is 0 Å².